The predicted octanol–water partition coefficient (Wildman–Crippen LogP) is 3.69. The first-order valence-corrected chi connectivity index (χ1v) is 11.0. The summed E-state index contributed by atoms with van der Waals surface area (Å²) in [4.78, 5) is 29.8. The van der Waals surface area contributed by atoms with E-state index in [1.54, 1.807) is 25.1 Å². The SMILES string of the molecule is CC(C(=O)N1CCCCC1CCO)N1C(=O)/C(=C/c2ccc(Cl)cc2)SC1=S. The van der Waals surface area contributed by atoms with Gasteiger partial charge in [-0.2, -0.15) is 0 Å². The van der Waals surface area contributed by atoms with Crippen LogP contribution < -0.4 is 0 Å². The number of rotatable bonds is 5. The number of nitrogens with zero attached hydrogens (tertiary/aromatic N) is 2. The summed E-state index contributed by atoms with van der Waals surface area (Å²) in [6.45, 7) is 2.43. The minimum absolute atomic E-state index is 0.0247. The van der Waals surface area contributed by atoms with Crippen molar-refractivity contribution in [2.45, 2.75) is 44.7 Å². The van der Waals surface area contributed by atoms with Crippen molar-refractivity contribution >= 4 is 57.8 Å². The molecule has 1 N–H and O–H groups in total. The lowest BCUT2D eigenvalue weighted by atomic mass is 9.98. The van der Waals surface area contributed by atoms with Gasteiger partial charge in [-0.1, -0.05) is 47.7 Å². The lowest BCUT2D eigenvalue weighted by Crippen LogP contribution is -2.53. The molecular formula is C20H23ClN2O3S2. The zero-order valence-corrected chi connectivity index (χ0v) is 18.0. The number of hydrogen-bond acceptors (Lipinski definition) is 5. The van der Waals surface area contributed by atoms with Crippen molar-refractivity contribution in [1.29, 1.82) is 0 Å². The molecule has 8 heteroatoms. The van der Waals surface area contributed by atoms with Crippen LogP contribution in [0.4, 0.5) is 0 Å². The maximum atomic E-state index is 13.1. The molecule has 2 amide bonds. The average molecular weight is 439 g/mol. The number of carbonyl (C=O) groups excluding carboxylic acids is 2. The van der Waals surface area contributed by atoms with Gasteiger partial charge in [0.25, 0.3) is 5.91 Å². The standard InChI is InChI=1S/C20H23ClN2O3S2/c1-13(18(25)22-10-3-2-4-16(22)9-11-24)23-19(26)17(28-20(23)27)12-14-5-7-15(21)8-6-14/h5-8,12-13,16,24H,2-4,9-11H2,1H3/b17-12-. The number of piperidine rings is 1. The third-order valence-corrected chi connectivity index (χ3v) is 6.69. The van der Waals surface area contributed by atoms with Gasteiger partial charge in [-0.25, -0.2) is 0 Å². The normalized spacial score (nSPS) is 22.8. The Kier molecular flexibility index (Phi) is 7.15. The molecule has 5 nitrogen and oxygen atoms in total. The van der Waals surface area contributed by atoms with E-state index in [9.17, 15) is 14.7 Å². The fourth-order valence-corrected chi connectivity index (χ4v) is 5.16. The summed E-state index contributed by atoms with van der Waals surface area (Å²) < 4.78 is 0.391. The van der Waals surface area contributed by atoms with Crippen LogP contribution >= 0.6 is 35.6 Å². The smallest absolute Gasteiger partial charge is 0.266 e. The second-order valence-electron chi connectivity index (χ2n) is 6.97. The minimum atomic E-state index is -0.664. The van der Waals surface area contributed by atoms with E-state index in [0.29, 0.717) is 27.2 Å². The van der Waals surface area contributed by atoms with Gasteiger partial charge in [-0.05, 0) is 56.4 Å². The highest BCUT2D eigenvalue weighted by atomic mass is 35.5. The van der Waals surface area contributed by atoms with Gasteiger partial charge in [0, 0.05) is 24.2 Å². The number of thioether (sulfide) groups is 1. The Morgan fingerprint density at radius 2 is 2.11 bits per heavy atom. The highest BCUT2D eigenvalue weighted by Gasteiger charge is 2.40. The van der Waals surface area contributed by atoms with Crippen LogP contribution in [0.15, 0.2) is 29.2 Å². The summed E-state index contributed by atoms with van der Waals surface area (Å²) in [5, 5.41) is 9.93. The third-order valence-electron chi connectivity index (χ3n) is 5.11. The van der Waals surface area contributed by atoms with Gasteiger partial charge in [-0.3, -0.25) is 14.5 Å². The van der Waals surface area contributed by atoms with Gasteiger partial charge in [0.2, 0.25) is 5.91 Å². The molecule has 2 saturated heterocycles. The molecule has 150 valence electrons. The van der Waals surface area contributed by atoms with Crippen LogP contribution in [0.3, 0.4) is 0 Å². The summed E-state index contributed by atoms with van der Waals surface area (Å²) >= 11 is 12.5. The third kappa shape index (κ3) is 4.59. The monoisotopic (exact) mass is 438 g/mol. The number of thiocarbonyl (C=S) groups is 1. The van der Waals surface area contributed by atoms with Gasteiger partial charge in [0.15, 0.2) is 0 Å². The molecule has 0 radical (unpaired) electrons. The minimum Gasteiger partial charge on any atom is -0.396 e. The molecule has 0 aromatic heterocycles. The Morgan fingerprint density at radius 3 is 2.79 bits per heavy atom. The van der Waals surface area contributed by atoms with E-state index in [-0.39, 0.29) is 24.5 Å². The Balaban J connectivity index is 1.76. The molecule has 2 unspecified atom stereocenters. The molecule has 1 aromatic rings. The second kappa shape index (κ2) is 9.39. The van der Waals surface area contributed by atoms with E-state index in [1.165, 1.54) is 16.7 Å². The molecular weight excluding hydrogens is 416 g/mol. The second-order valence-corrected chi connectivity index (χ2v) is 9.08. The predicted molar refractivity (Wildman–Crippen MR) is 117 cm³/mol. The lowest BCUT2D eigenvalue weighted by Gasteiger charge is -2.38. The maximum Gasteiger partial charge on any atom is 0.266 e. The van der Waals surface area contributed by atoms with Crippen molar-refractivity contribution in [3.63, 3.8) is 0 Å². The Labute approximate surface area is 179 Å². The highest BCUT2D eigenvalue weighted by molar-refractivity contribution is 8.26. The highest BCUT2D eigenvalue weighted by Crippen LogP contribution is 2.35. The molecule has 0 saturated carbocycles. The van der Waals surface area contributed by atoms with E-state index in [2.05, 4.69) is 0 Å². The van der Waals surface area contributed by atoms with E-state index in [1.807, 2.05) is 17.0 Å². The van der Waals surface area contributed by atoms with Gasteiger partial charge >= 0.3 is 0 Å². The van der Waals surface area contributed by atoms with Crippen molar-refractivity contribution in [2.24, 2.45) is 0 Å². The van der Waals surface area contributed by atoms with Gasteiger partial charge in [0.1, 0.15) is 10.4 Å². The Morgan fingerprint density at radius 1 is 1.39 bits per heavy atom. The first kappa shape index (κ1) is 21.3. The molecule has 2 atom stereocenters. The number of aliphatic hydroxyl groups excluding tert-OH is 1. The summed E-state index contributed by atoms with van der Waals surface area (Å²) in [5.74, 6) is -0.358. The lowest BCUT2D eigenvalue weighted by molar-refractivity contribution is -0.142. The quantitative estimate of drug-likeness (QED) is 0.561. The van der Waals surface area contributed by atoms with Crippen LogP contribution in [0.25, 0.3) is 6.08 Å². The van der Waals surface area contributed by atoms with Crippen LogP contribution in [0, 0.1) is 0 Å². The van der Waals surface area contributed by atoms with E-state index in [0.717, 1.165) is 24.8 Å². The van der Waals surface area contributed by atoms with E-state index >= 15 is 0 Å². The molecule has 3 rings (SSSR count). The fraction of sp³-hybridized carbons (Fsp3) is 0.450. The van der Waals surface area contributed by atoms with Crippen molar-refractivity contribution in [1.82, 2.24) is 9.80 Å². The summed E-state index contributed by atoms with van der Waals surface area (Å²) in [6, 6.07) is 6.54. The topological polar surface area (TPSA) is 60.9 Å². The molecule has 0 bridgehead atoms. The van der Waals surface area contributed by atoms with Gasteiger partial charge in [-0.15, -0.1) is 0 Å². The molecule has 1 aromatic carbocycles. The summed E-state index contributed by atoms with van der Waals surface area (Å²) in [6.07, 6.45) is 5.20. The van der Waals surface area contributed by atoms with E-state index in [4.69, 9.17) is 23.8 Å². The Bertz CT molecular complexity index is 795. The molecule has 0 aliphatic carbocycles. The molecule has 2 fully saturated rings. The van der Waals surface area contributed by atoms with E-state index < -0.39 is 6.04 Å². The zero-order chi connectivity index (χ0) is 20.3. The number of hydrogen-bond donors (Lipinski definition) is 1. The number of aliphatic hydroxyl groups is 1. The van der Waals surface area contributed by atoms with Crippen LogP contribution in [-0.2, 0) is 9.59 Å². The number of benzene rings is 1. The molecule has 28 heavy (non-hydrogen) atoms. The number of likely N-dealkylation sites (tertiary alicyclic amines) is 1. The summed E-state index contributed by atoms with van der Waals surface area (Å²) in [7, 11) is 0. The van der Waals surface area contributed by atoms with Crippen LogP contribution in [0.2, 0.25) is 5.02 Å². The van der Waals surface area contributed by atoms with Crippen LogP contribution in [0.5, 0.6) is 0 Å². The molecule has 2 aliphatic heterocycles. The number of amides is 2. The van der Waals surface area contributed by atoms with Crippen molar-refractivity contribution in [3.05, 3.63) is 39.8 Å². The number of carbonyl (C=O) groups is 2. The van der Waals surface area contributed by atoms with Gasteiger partial charge < -0.3 is 10.0 Å². The first-order chi connectivity index (χ1) is 13.4. The molecule has 0 spiro atoms. The van der Waals surface area contributed by atoms with Crippen LogP contribution in [-0.4, -0.2) is 56.3 Å². The zero-order valence-electron chi connectivity index (χ0n) is 15.6. The van der Waals surface area contributed by atoms with Crippen molar-refractivity contribution < 1.29 is 14.7 Å². The molecule has 2 aliphatic rings. The summed E-state index contributed by atoms with van der Waals surface area (Å²) in [5.41, 5.74) is 0.850. The number of halogens is 1. The maximum absolute atomic E-state index is 13.1. The first-order valence-electron chi connectivity index (χ1n) is 9.36. The fourth-order valence-electron chi connectivity index (χ4n) is 3.61. The van der Waals surface area contributed by atoms with Crippen molar-refractivity contribution in [2.75, 3.05) is 13.2 Å². The van der Waals surface area contributed by atoms with Gasteiger partial charge in [0.05, 0.1) is 4.91 Å². The average Bonchev–Trinajstić information content (AvgIpc) is 2.96. The molecule has 2 heterocycles. The largest absolute Gasteiger partial charge is 0.396 e. The van der Waals surface area contributed by atoms with Crippen molar-refractivity contribution in [3.8, 4) is 0 Å². The van der Waals surface area contributed by atoms with Crippen LogP contribution in [0.1, 0.15) is 38.2 Å². The Hall–Kier alpha value is -1.41.